The Morgan fingerprint density at radius 3 is 2.82 bits per heavy atom. The fraction of sp³-hybridized carbons (Fsp3) is 0.333. The van der Waals surface area contributed by atoms with E-state index in [0.29, 0.717) is 24.3 Å². The average molecular weight is 237 g/mol. The minimum Gasteiger partial charge on any atom is -0.494 e. The van der Waals surface area contributed by atoms with Gasteiger partial charge in [0.15, 0.2) is 0 Å². The average Bonchev–Trinajstić information content (AvgIpc) is 2.29. The summed E-state index contributed by atoms with van der Waals surface area (Å²) in [6.07, 6.45) is 0.319. The molecule has 1 amide bonds. The molecule has 0 aromatic heterocycles. The van der Waals surface area contributed by atoms with Crippen molar-refractivity contribution in [3.63, 3.8) is 0 Å². The molecule has 1 atom stereocenters. The number of carbonyl (C=O) groups excluding carboxylic acids is 1. The van der Waals surface area contributed by atoms with Crippen molar-refractivity contribution in [2.24, 2.45) is 0 Å². The van der Waals surface area contributed by atoms with Gasteiger partial charge in [0.05, 0.1) is 19.1 Å². The van der Waals surface area contributed by atoms with Crippen molar-refractivity contribution in [3.05, 3.63) is 29.8 Å². The molecule has 1 rings (SSSR count). The van der Waals surface area contributed by atoms with Crippen LogP contribution in [0.15, 0.2) is 24.3 Å². The minimum atomic E-state index is -0.976. The molecule has 0 unspecified atom stereocenters. The number of para-hydroxylation sites is 1. The van der Waals surface area contributed by atoms with Crippen molar-refractivity contribution in [3.8, 4) is 5.75 Å². The molecule has 0 aliphatic rings. The molecular weight excluding hydrogens is 222 g/mol. The van der Waals surface area contributed by atoms with E-state index in [1.165, 1.54) is 0 Å². The fourth-order valence-corrected chi connectivity index (χ4v) is 1.57. The second-order valence-corrected chi connectivity index (χ2v) is 3.41. The number of hydrogen-bond donors (Lipinski definition) is 2. The van der Waals surface area contributed by atoms with Crippen molar-refractivity contribution in [1.82, 2.24) is 5.32 Å². The van der Waals surface area contributed by atoms with Crippen LogP contribution in [0.1, 0.15) is 24.9 Å². The van der Waals surface area contributed by atoms with Crippen LogP contribution >= 0.6 is 0 Å². The van der Waals surface area contributed by atoms with Gasteiger partial charge >= 0.3 is 5.97 Å². The number of ether oxygens (including phenoxy) is 1. The monoisotopic (exact) mass is 237 g/mol. The number of hydrogen-bond acceptors (Lipinski definition) is 3. The predicted octanol–water partition coefficient (Wildman–Crippen LogP) is 1.35. The number of nitrogens with one attached hydrogen (secondary N) is 1. The van der Waals surface area contributed by atoms with Crippen molar-refractivity contribution >= 4 is 12.4 Å². The third-order valence-corrected chi connectivity index (χ3v) is 2.24. The van der Waals surface area contributed by atoms with Gasteiger partial charge in [-0.2, -0.15) is 0 Å². The molecule has 0 radical (unpaired) electrons. The normalized spacial score (nSPS) is 11.6. The van der Waals surface area contributed by atoms with Crippen LogP contribution < -0.4 is 10.1 Å². The number of benzene rings is 1. The predicted molar refractivity (Wildman–Crippen MR) is 61.8 cm³/mol. The van der Waals surface area contributed by atoms with E-state index in [9.17, 15) is 9.59 Å². The molecule has 1 aromatic carbocycles. The zero-order valence-corrected chi connectivity index (χ0v) is 9.55. The third-order valence-electron chi connectivity index (χ3n) is 2.24. The molecule has 0 fully saturated rings. The highest BCUT2D eigenvalue weighted by molar-refractivity contribution is 5.69. The second kappa shape index (κ2) is 6.52. The van der Waals surface area contributed by atoms with Crippen LogP contribution in [0.2, 0.25) is 0 Å². The van der Waals surface area contributed by atoms with Crippen LogP contribution in [-0.2, 0) is 9.59 Å². The molecule has 0 saturated carbocycles. The van der Waals surface area contributed by atoms with Crippen molar-refractivity contribution in [2.75, 3.05) is 6.61 Å². The molecule has 17 heavy (non-hydrogen) atoms. The lowest BCUT2D eigenvalue weighted by atomic mass is 10.0. The quantitative estimate of drug-likeness (QED) is 0.702. The summed E-state index contributed by atoms with van der Waals surface area (Å²) in [5.41, 5.74) is 0.670. The lowest BCUT2D eigenvalue weighted by molar-refractivity contribution is -0.137. The first-order valence-corrected chi connectivity index (χ1v) is 5.32. The largest absolute Gasteiger partial charge is 0.494 e. The molecule has 0 aliphatic carbocycles. The van der Waals surface area contributed by atoms with Crippen LogP contribution in [-0.4, -0.2) is 24.1 Å². The van der Waals surface area contributed by atoms with Crippen molar-refractivity contribution in [2.45, 2.75) is 19.4 Å². The fourth-order valence-electron chi connectivity index (χ4n) is 1.57. The Labute approximate surface area is 99.4 Å². The summed E-state index contributed by atoms with van der Waals surface area (Å²) in [4.78, 5) is 21.2. The minimum absolute atomic E-state index is 0.178. The van der Waals surface area contributed by atoms with E-state index in [1.807, 2.05) is 6.92 Å². The summed E-state index contributed by atoms with van der Waals surface area (Å²) < 4.78 is 5.40. The molecule has 1 aromatic rings. The van der Waals surface area contributed by atoms with Gasteiger partial charge in [0.1, 0.15) is 5.75 Å². The highest BCUT2D eigenvalue weighted by Gasteiger charge is 2.18. The lowest BCUT2D eigenvalue weighted by Gasteiger charge is -2.18. The Balaban J connectivity index is 2.98. The molecule has 92 valence electrons. The molecule has 5 heteroatoms. The molecule has 0 saturated heterocycles. The highest BCUT2D eigenvalue weighted by Crippen LogP contribution is 2.26. The number of aliphatic carboxylic acids is 1. The Morgan fingerprint density at radius 2 is 2.24 bits per heavy atom. The smallest absolute Gasteiger partial charge is 0.305 e. The van der Waals surface area contributed by atoms with E-state index >= 15 is 0 Å². The Morgan fingerprint density at radius 1 is 1.53 bits per heavy atom. The van der Waals surface area contributed by atoms with Crippen molar-refractivity contribution < 1.29 is 19.4 Å². The lowest BCUT2D eigenvalue weighted by Crippen LogP contribution is -2.23. The number of carboxylic acid groups (broad SMARTS) is 1. The van der Waals surface area contributed by atoms with E-state index in [0.717, 1.165) is 0 Å². The van der Waals surface area contributed by atoms with Gasteiger partial charge in [-0.25, -0.2) is 0 Å². The van der Waals surface area contributed by atoms with Gasteiger partial charge in [-0.05, 0) is 13.0 Å². The topological polar surface area (TPSA) is 75.6 Å². The first kappa shape index (κ1) is 13.0. The second-order valence-electron chi connectivity index (χ2n) is 3.41. The van der Waals surface area contributed by atoms with Crippen LogP contribution in [0.3, 0.4) is 0 Å². The molecule has 0 spiro atoms. The molecule has 0 aliphatic heterocycles. The SMILES string of the molecule is CCOc1ccccc1[C@H](CC(=O)O)NC=O. The summed E-state index contributed by atoms with van der Waals surface area (Å²) in [5, 5.41) is 11.3. The summed E-state index contributed by atoms with van der Waals surface area (Å²) in [5.74, 6) is -0.383. The van der Waals surface area contributed by atoms with Crippen LogP contribution in [0.4, 0.5) is 0 Å². The highest BCUT2D eigenvalue weighted by atomic mass is 16.5. The van der Waals surface area contributed by atoms with Gasteiger partial charge in [-0.15, -0.1) is 0 Å². The number of carbonyl (C=O) groups is 2. The van der Waals surface area contributed by atoms with E-state index in [4.69, 9.17) is 9.84 Å². The van der Waals surface area contributed by atoms with Gasteiger partial charge in [0, 0.05) is 5.56 Å². The zero-order chi connectivity index (χ0) is 12.7. The molecule has 2 N–H and O–H groups in total. The Hall–Kier alpha value is -2.04. The van der Waals surface area contributed by atoms with Crippen LogP contribution in [0.5, 0.6) is 5.75 Å². The van der Waals surface area contributed by atoms with E-state index in [2.05, 4.69) is 5.32 Å². The summed E-state index contributed by atoms with van der Waals surface area (Å²) in [7, 11) is 0. The summed E-state index contributed by atoms with van der Waals surface area (Å²) >= 11 is 0. The van der Waals surface area contributed by atoms with Crippen LogP contribution in [0.25, 0.3) is 0 Å². The van der Waals surface area contributed by atoms with Gasteiger partial charge in [0.2, 0.25) is 6.41 Å². The van der Waals surface area contributed by atoms with E-state index < -0.39 is 12.0 Å². The number of carboxylic acids is 1. The van der Waals surface area contributed by atoms with Crippen LogP contribution in [0, 0.1) is 0 Å². The first-order valence-electron chi connectivity index (χ1n) is 5.32. The Bertz CT molecular complexity index is 392. The van der Waals surface area contributed by atoms with E-state index in [-0.39, 0.29) is 6.42 Å². The number of amides is 1. The van der Waals surface area contributed by atoms with Gasteiger partial charge in [-0.3, -0.25) is 9.59 Å². The van der Waals surface area contributed by atoms with E-state index in [1.54, 1.807) is 24.3 Å². The van der Waals surface area contributed by atoms with Gasteiger partial charge in [0.25, 0.3) is 0 Å². The maximum atomic E-state index is 10.7. The van der Waals surface area contributed by atoms with Gasteiger partial charge < -0.3 is 15.2 Å². The summed E-state index contributed by atoms with van der Waals surface area (Å²) in [6.45, 7) is 2.33. The molecule has 0 heterocycles. The standard InChI is InChI=1S/C12H15NO4/c1-2-17-11-6-4-3-5-9(11)10(13-8-14)7-12(15)16/h3-6,8,10H,2,7H2,1H3,(H,13,14)(H,15,16)/t10-/m0/s1. The molecule has 5 nitrogen and oxygen atoms in total. The van der Waals surface area contributed by atoms with Gasteiger partial charge in [-0.1, -0.05) is 18.2 Å². The number of rotatable bonds is 7. The molecule has 0 bridgehead atoms. The summed E-state index contributed by atoms with van der Waals surface area (Å²) in [6, 6.07) is 6.49. The maximum absolute atomic E-state index is 10.7. The first-order chi connectivity index (χ1) is 8.19. The Kier molecular flexibility index (Phi) is 5.00. The zero-order valence-electron chi connectivity index (χ0n) is 9.55. The van der Waals surface area contributed by atoms with Crippen molar-refractivity contribution in [1.29, 1.82) is 0 Å². The molecular formula is C12H15NO4. The third kappa shape index (κ3) is 3.79. The maximum Gasteiger partial charge on any atom is 0.305 e.